The van der Waals surface area contributed by atoms with Crippen molar-refractivity contribution >= 4 is 57.1 Å². The van der Waals surface area contributed by atoms with E-state index in [1.807, 2.05) is 41.6 Å². The SMILES string of the molecule is Cc1ccc(-c2nc(Cl)c(I)c(Cl)n2)s1. The molecule has 0 aromatic carbocycles. The van der Waals surface area contributed by atoms with Gasteiger partial charge in [0, 0.05) is 4.88 Å². The van der Waals surface area contributed by atoms with Gasteiger partial charge in [-0.3, -0.25) is 0 Å². The van der Waals surface area contributed by atoms with Gasteiger partial charge in [0.15, 0.2) is 5.82 Å². The lowest BCUT2D eigenvalue weighted by Crippen LogP contribution is -1.91. The molecule has 0 unspecified atom stereocenters. The molecule has 0 saturated carbocycles. The predicted molar refractivity (Wildman–Crippen MR) is 72.8 cm³/mol. The average Bonchev–Trinajstić information content (AvgIpc) is 2.60. The molecule has 6 heteroatoms. The van der Waals surface area contributed by atoms with Crippen molar-refractivity contribution in [3.05, 3.63) is 30.9 Å². The second-order valence-corrected chi connectivity index (χ2v) is 5.94. The van der Waals surface area contributed by atoms with Gasteiger partial charge in [0.05, 0.1) is 8.45 Å². The van der Waals surface area contributed by atoms with Crippen LogP contribution in [0.2, 0.25) is 10.3 Å². The zero-order valence-electron chi connectivity index (χ0n) is 7.59. The lowest BCUT2D eigenvalue weighted by molar-refractivity contribution is 1.17. The molecule has 0 bridgehead atoms. The third-order valence-corrected chi connectivity index (χ3v) is 4.93. The highest BCUT2D eigenvalue weighted by Gasteiger charge is 2.11. The Kier molecular flexibility index (Phi) is 3.49. The van der Waals surface area contributed by atoms with Gasteiger partial charge in [-0.25, -0.2) is 9.97 Å². The highest BCUT2D eigenvalue weighted by atomic mass is 127. The molecular weight excluding hydrogens is 366 g/mol. The molecule has 2 heterocycles. The Morgan fingerprint density at radius 2 is 1.80 bits per heavy atom. The maximum Gasteiger partial charge on any atom is 0.172 e. The second kappa shape index (κ2) is 4.53. The van der Waals surface area contributed by atoms with Crippen molar-refractivity contribution in [2.45, 2.75) is 6.92 Å². The first kappa shape index (κ1) is 11.6. The van der Waals surface area contributed by atoms with Crippen LogP contribution in [0.5, 0.6) is 0 Å². The summed E-state index contributed by atoms with van der Waals surface area (Å²) in [6.45, 7) is 2.03. The van der Waals surface area contributed by atoms with Gasteiger partial charge in [-0.05, 0) is 41.6 Å². The molecule has 0 aliphatic carbocycles. The molecule has 0 fully saturated rings. The summed E-state index contributed by atoms with van der Waals surface area (Å²) in [6.07, 6.45) is 0. The first-order valence-corrected chi connectivity index (χ1v) is 6.68. The third kappa shape index (κ3) is 2.43. The monoisotopic (exact) mass is 370 g/mol. The Labute approximate surface area is 115 Å². The highest BCUT2D eigenvalue weighted by molar-refractivity contribution is 14.1. The van der Waals surface area contributed by atoms with Crippen molar-refractivity contribution in [2.75, 3.05) is 0 Å². The number of aromatic nitrogens is 2. The maximum absolute atomic E-state index is 5.94. The standard InChI is InChI=1S/C9H5Cl2IN2S/c1-4-2-3-5(15-4)9-13-7(10)6(12)8(11)14-9/h2-3H,1H3. The fourth-order valence-corrected chi connectivity index (χ4v) is 2.49. The Morgan fingerprint density at radius 1 is 1.20 bits per heavy atom. The van der Waals surface area contributed by atoms with Crippen molar-refractivity contribution in [3.8, 4) is 10.7 Å². The summed E-state index contributed by atoms with van der Waals surface area (Å²) in [4.78, 5) is 10.6. The fraction of sp³-hybridized carbons (Fsp3) is 0.111. The molecule has 2 aromatic rings. The van der Waals surface area contributed by atoms with Crippen molar-refractivity contribution in [3.63, 3.8) is 0 Å². The van der Waals surface area contributed by atoms with Crippen LogP contribution in [0.25, 0.3) is 10.7 Å². The molecule has 0 N–H and O–H groups in total. The lowest BCUT2D eigenvalue weighted by atomic mass is 10.4. The molecule has 2 rings (SSSR count). The Balaban J connectivity index is 2.55. The predicted octanol–water partition coefficient (Wildman–Crippen LogP) is 4.42. The molecule has 2 nitrogen and oxygen atoms in total. The fourth-order valence-electron chi connectivity index (χ4n) is 1.06. The van der Waals surface area contributed by atoms with Crippen LogP contribution in [-0.4, -0.2) is 9.97 Å². The Morgan fingerprint density at radius 3 is 2.27 bits per heavy atom. The van der Waals surface area contributed by atoms with Crippen LogP contribution in [0.1, 0.15) is 4.88 Å². The third-order valence-electron chi connectivity index (χ3n) is 1.73. The largest absolute Gasteiger partial charge is 0.214 e. The summed E-state index contributed by atoms with van der Waals surface area (Å²) in [6, 6.07) is 3.98. The molecule has 0 radical (unpaired) electrons. The topological polar surface area (TPSA) is 25.8 Å². The number of rotatable bonds is 1. The summed E-state index contributed by atoms with van der Waals surface area (Å²) in [5.41, 5.74) is 0. The molecular formula is C9H5Cl2IN2S. The van der Waals surface area contributed by atoms with E-state index in [0.29, 0.717) is 19.7 Å². The number of thiophene rings is 1. The van der Waals surface area contributed by atoms with E-state index in [2.05, 4.69) is 9.97 Å². The van der Waals surface area contributed by atoms with E-state index in [-0.39, 0.29) is 0 Å². The number of halogens is 3. The van der Waals surface area contributed by atoms with Crippen molar-refractivity contribution < 1.29 is 0 Å². The van der Waals surface area contributed by atoms with Gasteiger partial charge in [-0.2, -0.15) is 0 Å². The van der Waals surface area contributed by atoms with Crippen LogP contribution in [-0.2, 0) is 0 Å². The van der Waals surface area contributed by atoms with Gasteiger partial charge in [0.1, 0.15) is 10.3 Å². The van der Waals surface area contributed by atoms with Crippen LogP contribution in [0, 0.1) is 10.5 Å². The number of nitrogens with zero attached hydrogens (tertiary/aromatic N) is 2. The van der Waals surface area contributed by atoms with Crippen LogP contribution in [0.3, 0.4) is 0 Å². The summed E-state index contributed by atoms with van der Waals surface area (Å²) in [5, 5.41) is 0.799. The van der Waals surface area contributed by atoms with Crippen molar-refractivity contribution in [1.82, 2.24) is 9.97 Å². The lowest BCUT2D eigenvalue weighted by Gasteiger charge is -2.01. The Hall–Kier alpha value is 0.0900. The van der Waals surface area contributed by atoms with Gasteiger partial charge < -0.3 is 0 Å². The van der Waals surface area contributed by atoms with Crippen LogP contribution in [0.4, 0.5) is 0 Å². The molecule has 0 amide bonds. The summed E-state index contributed by atoms with van der Waals surface area (Å²) in [5.74, 6) is 0.587. The summed E-state index contributed by atoms with van der Waals surface area (Å²) in [7, 11) is 0. The van der Waals surface area contributed by atoms with E-state index in [0.717, 1.165) is 4.88 Å². The van der Waals surface area contributed by atoms with E-state index in [9.17, 15) is 0 Å². The number of hydrogen-bond donors (Lipinski definition) is 0. The number of aryl methyl sites for hydroxylation is 1. The second-order valence-electron chi connectivity index (χ2n) is 2.85. The normalized spacial score (nSPS) is 10.7. The molecule has 2 aromatic heterocycles. The van der Waals surface area contributed by atoms with Crippen LogP contribution in [0.15, 0.2) is 12.1 Å². The molecule has 0 aliphatic rings. The quantitative estimate of drug-likeness (QED) is 0.548. The van der Waals surface area contributed by atoms with E-state index in [4.69, 9.17) is 23.2 Å². The van der Waals surface area contributed by atoms with E-state index in [1.165, 1.54) is 4.88 Å². The van der Waals surface area contributed by atoms with Gasteiger partial charge in [-0.15, -0.1) is 11.3 Å². The first-order valence-electron chi connectivity index (χ1n) is 4.03. The molecule has 0 spiro atoms. The summed E-state index contributed by atoms with van der Waals surface area (Å²) < 4.78 is 0.688. The van der Waals surface area contributed by atoms with Gasteiger partial charge >= 0.3 is 0 Å². The maximum atomic E-state index is 5.94. The van der Waals surface area contributed by atoms with E-state index >= 15 is 0 Å². The summed E-state index contributed by atoms with van der Waals surface area (Å²) >= 11 is 15.5. The van der Waals surface area contributed by atoms with Crippen LogP contribution < -0.4 is 0 Å². The van der Waals surface area contributed by atoms with Gasteiger partial charge in [0.25, 0.3) is 0 Å². The van der Waals surface area contributed by atoms with E-state index < -0.39 is 0 Å². The molecule has 0 aliphatic heterocycles. The van der Waals surface area contributed by atoms with Gasteiger partial charge in [-0.1, -0.05) is 23.2 Å². The molecule has 0 saturated heterocycles. The highest BCUT2D eigenvalue weighted by Crippen LogP contribution is 2.30. The molecule has 15 heavy (non-hydrogen) atoms. The average molecular weight is 371 g/mol. The van der Waals surface area contributed by atoms with Crippen molar-refractivity contribution in [2.24, 2.45) is 0 Å². The minimum Gasteiger partial charge on any atom is -0.214 e. The zero-order chi connectivity index (χ0) is 11.0. The first-order chi connectivity index (χ1) is 7.08. The minimum absolute atomic E-state index is 0.400. The van der Waals surface area contributed by atoms with Crippen molar-refractivity contribution in [1.29, 1.82) is 0 Å². The minimum atomic E-state index is 0.400. The molecule has 0 atom stereocenters. The zero-order valence-corrected chi connectivity index (χ0v) is 12.1. The number of hydrogen-bond acceptors (Lipinski definition) is 3. The Bertz CT molecular complexity index is 490. The van der Waals surface area contributed by atoms with E-state index in [1.54, 1.807) is 11.3 Å². The van der Waals surface area contributed by atoms with Crippen LogP contribution >= 0.6 is 57.1 Å². The van der Waals surface area contributed by atoms with Gasteiger partial charge in [0.2, 0.25) is 0 Å². The molecule has 78 valence electrons. The smallest absolute Gasteiger partial charge is 0.172 e.